The number of anilines is 1. The van der Waals surface area contributed by atoms with Crippen molar-refractivity contribution < 1.29 is 14.7 Å². The second-order valence-corrected chi connectivity index (χ2v) is 4.49. The van der Waals surface area contributed by atoms with Crippen LogP contribution in [0.1, 0.15) is 32.0 Å². The quantitative estimate of drug-likeness (QED) is 0.898. The molecule has 20 heavy (non-hydrogen) atoms. The van der Waals surface area contributed by atoms with E-state index in [4.69, 9.17) is 5.11 Å². The smallest absolute Gasteiger partial charge is 0.354 e. The Morgan fingerprint density at radius 1 is 1.15 bits per heavy atom. The van der Waals surface area contributed by atoms with E-state index in [-0.39, 0.29) is 17.4 Å². The molecular weight excluding hydrogens is 256 g/mol. The average molecular weight is 270 g/mol. The van der Waals surface area contributed by atoms with Crippen molar-refractivity contribution in [2.45, 2.75) is 13.8 Å². The van der Waals surface area contributed by atoms with Crippen LogP contribution < -0.4 is 5.32 Å². The molecule has 0 unspecified atom stereocenters. The number of hydrogen-bond acceptors (Lipinski definition) is 3. The van der Waals surface area contributed by atoms with Gasteiger partial charge in [-0.2, -0.15) is 0 Å². The number of carboxylic acids is 1. The highest BCUT2D eigenvalue weighted by atomic mass is 16.4. The number of carboxylic acid groups (broad SMARTS) is 1. The minimum atomic E-state index is -1.13. The zero-order valence-electron chi connectivity index (χ0n) is 11.2. The number of aromatic carboxylic acids is 1. The molecule has 1 aromatic carbocycles. The summed E-state index contributed by atoms with van der Waals surface area (Å²) in [6.07, 6.45) is 0. The first-order chi connectivity index (χ1) is 9.47. The monoisotopic (exact) mass is 270 g/mol. The molecular formula is C15H14N2O3. The summed E-state index contributed by atoms with van der Waals surface area (Å²) in [5.74, 6) is -1.22. The van der Waals surface area contributed by atoms with Crippen LogP contribution in [0, 0.1) is 13.8 Å². The van der Waals surface area contributed by atoms with Crippen molar-refractivity contribution >= 4 is 17.7 Å². The van der Waals surface area contributed by atoms with Gasteiger partial charge in [0.1, 0.15) is 5.82 Å². The Balaban J connectivity index is 2.25. The highest BCUT2D eigenvalue weighted by Gasteiger charge is 2.11. The predicted molar refractivity (Wildman–Crippen MR) is 75.1 cm³/mol. The molecule has 0 atom stereocenters. The molecule has 1 amide bonds. The van der Waals surface area contributed by atoms with Gasteiger partial charge in [-0.1, -0.05) is 23.8 Å². The first-order valence-corrected chi connectivity index (χ1v) is 6.06. The van der Waals surface area contributed by atoms with E-state index in [0.717, 1.165) is 11.1 Å². The van der Waals surface area contributed by atoms with Crippen LogP contribution in [0.5, 0.6) is 0 Å². The van der Waals surface area contributed by atoms with Crippen molar-refractivity contribution in [3.63, 3.8) is 0 Å². The lowest BCUT2D eigenvalue weighted by Crippen LogP contribution is -2.15. The van der Waals surface area contributed by atoms with Crippen molar-refractivity contribution in [2.24, 2.45) is 0 Å². The fraction of sp³-hybridized carbons (Fsp3) is 0.133. The lowest BCUT2D eigenvalue weighted by molar-refractivity contribution is 0.0690. The van der Waals surface area contributed by atoms with Gasteiger partial charge in [0.2, 0.25) is 0 Å². The molecule has 0 aliphatic rings. The Kier molecular flexibility index (Phi) is 3.79. The number of rotatable bonds is 3. The number of hydrogen-bond donors (Lipinski definition) is 2. The van der Waals surface area contributed by atoms with Gasteiger partial charge in [-0.15, -0.1) is 0 Å². The topological polar surface area (TPSA) is 79.3 Å². The average Bonchev–Trinajstić information content (AvgIpc) is 2.41. The van der Waals surface area contributed by atoms with E-state index in [1.54, 1.807) is 12.1 Å². The van der Waals surface area contributed by atoms with Crippen molar-refractivity contribution in [1.29, 1.82) is 0 Å². The molecule has 2 rings (SSSR count). The third-order valence-corrected chi connectivity index (χ3v) is 2.85. The van der Waals surface area contributed by atoms with Crippen molar-refractivity contribution in [3.05, 3.63) is 58.8 Å². The number of amides is 1. The molecule has 0 radical (unpaired) electrons. The molecule has 0 saturated heterocycles. The van der Waals surface area contributed by atoms with E-state index in [9.17, 15) is 9.59 Å². The molecule has 102 valence electrons. The summed E-state index contributed by atoms with van der Waals surface area (Å²) in [5.41, 5.74) is 2.27. The second-order valence-electron chi connectivity index (χ2n) is 4.49. The molecule has 0 aliphatic heterocycles. The number of pyridine rings is 1. The fourth-order valence-corrected chi connectivity index (χ4v) is 1.79. The van der Waals surface area contributed by atoms with E-state index in [2.05, 4.69) is 10.3 Å². The van der Waals surface area contributed by atoms with Crippen LogP contribution in [-0.4, -0.2) is 22.0 Å². The van der Waals surface area contributed by atoms with E-state index in [1.165, 1.54) is 12.1 Å². The summed E-state index contributed by atoms with van der Waals surface area (Å²) in [7, 11) is 0. The van der Waals surface area contributed by atoms with Crippen LogP contribution in [0.4, 0.5) is 5.82 Å². The molecule has 0 bridgehead atoms. The number of carbonyl (C=O) groups is 2. The SMILES string of the molecule is Cc1ccc(C)c(C(=O)Nc2cccc(C(=O)O)n2)c1. The van der Waals surface area contributed by atoms with Crippen molar-refractivity contribution in [3.8, 4) is 0 Å². The third kappa shape index (κ3) is 3.00. The molecule has 0 fully saturated rings. The molecule has 5 heteroatoms. The number of nitrogens with zero attached hydrogens (tertiary/aromatic N) is 1. The summed E-state index contributed by atoms with van der Waals surface area (Å²) in [6.45, 7) is 3.75. The summed E-state index contributed by atoms with van der Waals surface area (Å²) < 4.78 is 0. The molecule has 0 spiro atoms. The zero-order chi connectivity index (χ0) is 14.7. The molecule has 1 heterocycles. The van der Waals surface area contributed by atoms with Gasteiger partial charge in [0, 0.05) is 5.56 Å². The maximum absolute atomic E-state index is 12.2. The Bertz CT molecular complexity index is 681. The lowest BCUT2D eigenvalue weighted by atomic mass is 10.1. The first kappa shape index (κ1) is 13.7. The van der Waals surface area contributed by atoms with Crippen LogP contribution in [-0.2, 0) is 0 Å². The third-order valence-electron chi connectivity index (χ3n) is 2.85. The van der Waals surface area contributed by atoms with Crippen LogP contribution in [0.15, 0.2) is 36.4 Å². The maximum atomic E-state index is 12.2. The second kappa shape index (κ2) is 5.52. The van der Waals surface area contributed by atoms with Gasteiger partial charge in [-0.3, -0.25) is 4.79 Å². The minimum absolute atomic E-state index is 0.108. The van der Waals surface area contributed by atoms with Crippen molar-refractivity contribution in [2.75, 3.05) is 5.32 Å². The first-order valence-electron chi connectivity index (χ1n) is 6.06. The van der Waals surface area contributed by atoms with Gasteiger partial charge in [0.25, 0.3) is 5.91 Å². The van der Waals surface area contributed by atoms with Gasteiger partial charge in [0.05, 0.1) is 0 Å². The van der Waals surface area contributed by atoms with E-state index < -0.39 is 5.97 Å². The van der Waals surface area contributed by atoms with Gasteiger partial charge in [-0.25, -0.2) is 9.78 Å². The standard InChI is InChI=1S/C15H14N2O3/c1-9-6-7-10(2)11(8-9)14(18)17-13-5-3-4-12(16-13)15(19)20/h3-8H,1-2H3,(H,19,20)(H,16,17,18). The van der Waals surface area contributed by atoms with Gasteiger partial charge in [0.15, 0.2) is 5.69 Å². The normalized spacial score (nSPS) is 10.1. The van der Waals surface area contributed by atoms with Gasteiger partial charge < -0.3 is 10.4 Å². The molecule has 1 aromatic heterocycles. The largest absolute Gasteiger partial charge is 0.477 e. The number of nitrogens with one attached hydrogen (secondary N) is 1. The Morgan fingerprint density at radius 2 is 1.90 bits per heavy atom. The summed E-state index contributed by atoms with van der Waals surface area (Å²) in [5, 5.41) is 11.5. The highest BCUT2D eigenvalue weighted by Crippen LogP contribution is 2.13. The number of benzene rings is 1. The number of carbonyl (C=O) groups excluding carboxylic acids is 1. The lowest BCUT2D eigenvalue weighted by Gasteiger charge is -2.08. The Morgan fingerprint density at radius 3 is 2.60 bits per heavy atom. The van der Waals surface area contributed by atoms with Crippen LogP contribution in [0.3, 0.4) is 0 Å². The summed E-state index contributed by atoms with van der Waals surface area (Å²) >= 11 is 0. The van der Waals surface area contributed by atoms with Crippen LogP contribution >= 0.6 is 0 Å². The van der Waals surface area contributed by atoms with E-state index >= 15 is 0 Å². The van der Waals surface area contributed by atoms with Gasteiger partial charge >= 0.3 is 5.97 Å². The fourth-order valence-electron chi connectivity index (χ4n) is 1.79. The molecule has 0 saturated carbocycles. The minimum Gasteiger partial charge on any atom is -0.477 e. The molecule has 2 N–H and O–H groups in total. The summed E-state index contributed by atoms with van der Waals surface area (Å²) in [6, 6.07) is 10.0. The highest BCUT2D eigenvalue weighted by molar-refractivity contribution is 6.05. The van der Waals surface area contributed by atoms with Gasteiger partial charge in [-0.05, 0) is 37.6 Å². The van der Waals surface area contributed by atoms with E-state index in [1.807, 2.05) is 26.0 Å². The predicted octanol–water partition coefficient (Wildman–Crippen LogP) is 2.65. The van der Waals surface area contributed by atoms with Crippen LogP contribution in [0.2, 0.25) is 0 Å². The number of aryl methyl sites for hydroxylation is 2. The maximum Gasteiger partial charge on any atom is 0.354 e. The number of aromatic nitrogens is 1. The molecule has 0 aliphatic carbocycles. The van der Waals surface area contributed by atoms with E-state index in [0.29, 0.717) is 5.56 Å². The molecule has 2 aromatic rings. The zero-order valence-corrected chi connectivity index (χ0v) is 11.2. The Labute approximate surface area is 116 Å². The van der Waals surface area contributed by atoms with Crippen LogP contribution in [0.25, 0.3) is 0 Å². The van der Waals surface area contributed by atoms with Crippen molar-refractivity contribution in [1.82, 2.24) is 4.98 Å². The molecule has 5 nitrogen and oxygen atoms in total. The summed E-state index contributed by atoms with van der Waals surface area (Å²) in [4.78, 5) is 26.9. The Hall–Kier alpha value is -2.69.